The van der Waals surface area contributed by atoms with E-state index in [9.17, 15) is 97.1 Å². The minimum atomic E-state index is -1.93. The predicted molar refractivity (Wildman–Crippen MR) is 404 cm³/mol. The number of aromatic hydroxyl groups is 1. The van der Waals surface area contributed by atoms with Gasteiger partial charge in [0.25, 0.3) is 0 Å². The second kappa shape index (κ2) is 45.2. The molecule has 0 saturated carbocycles. The van der Waals surface area contributed by atoms with E-state index in [1.165, 1.54) is 29.2 Å². The Bertz CT molecular complexity index is 3750. The van der Waals surface area contributed by atoms with Crippen molar-refractivity contribution in [2.45, 2.75) is 210 Å². The minimum Gasteiger partial charge on any atom is -0.508 e. The number of aliphatic hydroxyl groups is 2. The molecule has 23 N–H and O–H groups in total. The number of aliphatic hydroxyl groups excluding tert-OH is 2. The van der Waals surface area contributed by atoms with Crippen molar-refractivity contribution < 1.29 is 97.1 Å². The third kappa shape index (κ3) is 29.2. The van der Waals surface area contributed by atoms with Crippen LogP contribution >= 0.6 is 0 Å². The van der Waals surface area contributed by atoms with Crippen LogP contribution < -0.4 is 86.3 Å². The number of likely N-dealkylation sites (tertiary alicyclic amines) is 1. The molecule has 112 heavy (non-hydrogen) atoms. The first kappa shape index (κ1) is 91.4. The third-order valence-corrected chi connectivity index (χ3v) is 18.7. The number of unbranched alkanes of at least 4 members (excludes halogenated alkanes) is 1. The van der Waals surface area contributed by atoms with Gasteiger partial charge in [-0.3, -0.25) is 71.9 Å². The first-order chi connectivity index (χ1) is 53.0. The predicted octanol–water partition coefficient (Wildman–Crippen LogP) is -5.08. The molecule has 14 atom stereocenters. The standard InChI is InChI=1S/C75H109N17O20/c1-39(2)59(73(109)90-61(41(5)6)75(111)112)88-58(98)37-80-72(108)62(42(7)94)91-64(100)48(22-14-15-29-76)81-67(103)52(35-56(77)96)85-70(106)54(38-93)87-66(102)50(33-44-20-12-9-13-21-44)86-71(107)55-24-17-31-92(55)74(110)60(40(3)4)89-69(105)51(34-45-25-27-46(95)28-26-45)83-65(101)49(32-43-18-10-8-11-19-43)82-68(104)53(36-57(78)97)84-63(99)47-23-16-30-79-47/h8-13,18-21,25-28,39-42,47-55,59-62,79,93-95H,14-17,22-24,29-38,76H2,1-7H3,(H2,77,96)(H2,78,97)(H,80,108)(H,81,103)(H,82,104)(H,83,101)(H,84,99)(H,85,106)(H,86,107)(H,87,102)(H,88,98)(H,89,105)(H,90,109)(H,91,100)(H,111,112)/t42-,47+,48+,49+,50+,51+,52+,53+,54+,55+,59+,60+,61+,62+/m1/s1. The van der Waals surface area contributed by atoms with Crippen LogP contribution in [0.3, 0.4) is 0 Å². The Kier molecular flexibility index (Phi) is 36.9. The van der Waals surface area contributed by atoms with Gasteiger partial charge in [-0.25, -0.2) is 4.79 Å². The van der Waals surface area contributed by atoms with Crippen molar-refractivity contribution in [3.8, 4) is 5.75 Å². The first-order valence-electron chi connectivity index (χ1n) is 37.3. The summed E-state index contributed by atoms with van der Waals surface area (Å²) >= 11 is 0. The van der Waals surface area contributed by atoms with Crippen LogP contribution in [0.15, 0.2) is 84.9 Å². The molecule has 37 nitrogen and oxygen atoms in total. The molecule has 2 aliphatic rings. The Morgan fingerprint density at radius 1 is 0.473 bits per heavy atom. The fourth-order valence-electron chi connectivity index (χ4n) is 12.5. The molecule has 0 aliphatic carbocycles. The number of hydrogen-bond acceptors (Lipinski definition) is 21. The zero-order valence-corrected chi connectivity index (χ0v) is 63.9. The van der Waals surface area contributed by atoms with Gasteiger partial charge in [0.05, 0.1) is 38.1 Å². The van der Waals surface area contributed by atoms with Gasteiger partial charge in [-0.2, -0.15) is 0 Å². The van der Waals surface area contributed by atoms with Gasteiger partial charge in [-0.15, -0.1) is 0 Å². The second-order valence-corrected chi connectivity index (χ2v) is 28.9. The highest BCUT2D eigenvalue weighted by molar-refractivity contribution is 6.01. The smallest absolute Gasteiger partial charge is 0.326 e. The number of hydrogen-bond donors (Lipinski definition) is 20. The summed E-state index contributed by atoms with van der Waals surface area (Å²) < 4.78 is 0. The molecule has 0 unspecified atom stereocenters. The molecular weight excluding hydrogens is 1460 g/mol. The lowest BCUT2D eigenvalue weighted by Crippen LogP contribution is -2.62. The van der Waals surface area contributed by atoms with E-state index in [2.05, 4.69) is 69.1 Å². The maximum atomic E-state index is 15.0. The Labute approximate surface area is 648 Å². The minimum absolute atomic E-state index is 0.0225. The maximum absolute atomic E-state index is 15.0. The quantitative estimate of drug-likeness (QED) is 0.0235. The van der Waals surface area contributed by atoms with Crippen LogP contribution in [0.2, 0.25) is 0 Å². The summed E-state index contributed by atoms with van der Waals surface area (Å²) in [5, 5.41) is 73.9. The molecule has 0 radical (unpaired) electrons. The number of benzene rings is 3. The van der Waals surface area contributed by atoms with Gasteiger partial charge in [0, 0.05) is 25.8 Å². The molecular formula is C75H109N17O20. The number of phenols is 1. The summed E-state index contributed by atoms with van der Waals surface area (Å²) in [5.41, 5.74) is 18.3. The Morgan fingerprint density at radius 2 is 0.911 bits per heavy atom. The van der Waals surface area contributed by atoms with Crippen molar-refractivity contribution in [2.24, 2.45) is 35.0 Å². The maximum Gasteiger partial charge on any atom is 0.326 e. The topological polar surface area (TPSA) is 592 Å². The van der Waals surface area contributed by atoms with Crippen molar-refractivity contribution in [1.82, 2.24) is 74.0 Å². The number of nitrogens with two attached hydrogens (primary N) is 3. The lowest BCUT2D eigenvalue weighted by atomic mass is 9.99. The van der Waals surface area contributed by atoms with Crippen LogP contribution in [0.4, 0.5) is 0 Å². The van der Waals surface area contributed by atoms with Gasteiger partial charge in [0.15, 0.2) is 0 Å². The fourth-order valence-corrected chi connectivity index (χ4v) is 12.5. The number of carboxylic acids is 1. The number of carbonyl (C=O) groups excluding carboxylic acids is 15. The molecule has 2 saturated heterocycles. The van der Waals surface area contributed by atoms with Crippen LogP contribution in [0.1, 0.15) is 123 Å². The van der Waals surface area contributed by atoms with Gasteiger partial charge in [-0.05, 0) is 112 Å². The SMILES string of the molecule is CC(C)[C@H](NC(=O)[C@@H](NC(=O)CNC(=O)[C@@H](NC(=O)[C@H](CCCCN)NC(=O)[C@H](CC(N)=O)NC(=O)[C@H](CO)NC(=O)[C@H](Cc1ccccc1)NC(=O)[C@@H]1CCCN1C(=O)[C@@H](NC(=O)[C@H](Cc1ccc(O)cc1)NC(=O)[C@H](Cc1ccccc1)NC(=O)[C@H](CC(N)=O)NC(=O)[C@@H]1CCCN1)C(C)C)[C@@H](C)O)C(C)C)C(=O)O. The van der Waals surface area contributed by atoms with Crippen LogP contribution in [0.25, 0.3) is 0 Å². The Balaban J connectivity index is 1.33. The number of aliphatic carboxylic acids is 1. The van der Waals surface area contributed by atoms with E-state index in [-0.39, 0.29) is 63.8 Å². The van der Waals surface area contributed by atoms with E-state index in [0.717, 1.165) is 6.92 Å². The van der Waals surface area contributed by atoms with Gasteiger partial charge >= 0.3 is 5.97 Å². The number of nitrogens with zero attached hydrogens (tertiary/aromatic N) is 1. The highest BCUT2D eigenvalue weighted by Gasteiger charge is 2.43. The van der Waals surface area contributed by atoms with Crippen LogP contribution in [0.5, 0.6) is 5.75 Å². The normalized spacial score (nSPS) is 17.1. The van der Waals surface area contributed by atoms with Crippen LogP contribution in [-0.2, 0) is 96.0 Å². The zero-order valence-electron chi connectivity index (χ0n) is 63.9. The van der Waals surface area contributed by atoms with E-state index in [4.69, 9.17) is 17.2 Å². The molecule has 3 aromatic carbocycles. The molecule has 37 heteroatoms. The van der Waals surface area contributed by atoms with Gasteiger partial charge in [0.1, 0.15) is 78.3 Å². The summed E-state index contributed by atoms with van der Waals surface area (Å²) in [7, 11) is 0. The molecule has 2 aliphatic heterocycles. The van der Waals surface area contributed by atoms with E-state index in [1.54, 1.807) is 102 Å². The molecule has 2 fully saturated rings. The van der Waals surface area contributed by atoms with Crippen molar-refractivity contribution in [2.75, 3.05) is 32.8 Å². The summed E-state index contributed by atoms with van der Waals surface area (Å²) in [6.07, 6.45) is -2.13. The van der Waals surface area contributed by atoms with Crippen molar-refractivity contribution in [3.63, 3.8) is 0 Å². The molecule has 0 aromatic heterocycles. The summed E-state index contributed by atoms with van der Waals surface area (Å²) in [5.74, 6) is -17.6. The molecule has 15 amide bonds. The number of primary amides is 2. The lowest BCUT2D eigenvalue weighted by Gasteiger charge is -2.32. The van der Waals surface area contributed by atoms with E-state index in [1.807, 2.05) is 0 Å². The first-order valence-corrected chi connectivity index (χ1v) is 37.3. The summed E-state index contributed by atoms with van der Waals surface area (Å²) in [4.78, 5) is 221. The number of rotatable bonds is 45. The number of carboxylic acid groups (broad SMARTS) is 1. The highest BCUT2D eigenvalue weighted by Crippen LogP contribution is 2.23. The van der Waals surface area contributed by atoms with E-state index in [0.29, 0.717) is 42.5 Å². The largest absolute Gasteiger partial charge is 0.508 e. The van der Waals surface area contributed by atoms with Crippen molar-refractivity contribution >= 4 is 94.6 Å². The highest BCUT2D eigenvalue weighted by atomic mass is 16.4. The monoisotopic (exact) mass is 1570 g/mol. The molecule has 5 rings (SSSR count). The molecule has 2 heterocycles. The second-order valence-electron chi connectivity index (χ2n) is 28.9. The van der Waals surface area contributed by atoms with Gasteiger partial charge in [0.2, 0.25) is 88.6 Å². The average Bonchev–Trinajstić information content (AvgIpc) is 1.55. The number of carbonyl (C=O) groups is 16. The zero-order chi connectivity index (χ0) is 83.1. The van der Waals surface area contributed by atoms with Crippen LogP contribution in [0, 0.1) is 17.8 Å². The fraction of sp³-hybridized carbons (Fsp3) is 0.547. The Hall–Kier alpha value is -11.2. The molecule has 614 valence electrons. The van der Waals surface area contributed by atoms with E-state index < -0.39 is 223 Å². The molecule has 0 bridgehead atoms. The lowest BCUT2D eigenvalue weighted by molar-refractivity contribution is -0.144. The van der Waals surface area contributed by atoms with Crippen molar-refractivity contribution in [3.05, 3.63) is 102 Å². The molecule has 0 spiro atoms. The van der Waals surface area contributed by atoms with Gasteiger partial charge < -0.3 is 112 Å². The number of phenolic OH excluding ortho intramolecular Hbond substituents is 1. The summed E-state index contributed by atoms with van der Waals surface area (Å²) in [6.45, 7) is 9.38. The third-order valence-electron chi connectivity index (χ3n) is 18.7. The van der Waals surface area contributed by atoms with Gasteiger partial charge in [-0.1, -0.05) is 114 Å². The Morgan fingerprint density at radius 3 is 1.39 bits per heavy atom. The summed E-state index contributed by atoms with van der Waals surface area (Å²) in [6, 6.07) is 3.25. The van der Waals surface area contributed by atoms with Crippen molar-refractivity contribution in [1.29, 1.82) is 0 Å². The van der Waals surface area contributed by atoms with Crippen LogP contribution in [-0.4, -0.2) is 237 Å². The van der Waals surface area contributed by atoms with E-state index >= 15 is 0 Å². The average molecular weight is 1570 g/mol. The number of amides is 15. The molecule has 3 aromatic rings. The number of nitrogens with one attached hydrogen (secondary N) is 13.